The molecule has 1 fully saturated rings. The van der Waals surface area contributed by atoms with Crippen molar-refractivity contribution in [1.82, 2.24) is 0 Å². The Kier molecular flexibility index (Phi) is 8.07. The van der Waals surface area contributed by atoms with Crippen LogP contribution in [0.5, 0.6) is 5.75 Å². The zero-order chi connectivity index (χ0) is 20.6. The van der Waals surface area contributed by atoms with Crippen molar-refractivity contribution in [2.24, 2.45) is 0 Å². The van der Waals surface area contributed by atoms with Crippen molar-refractivity contribution in [2.75, 3.05) is 25.6 Å². The van der Waals surface area contributed by atoms with Crippen LogP contribution in [0.1, 0.15) is 59.3 Å². The number of nitrogens with one attached hydrogen (secondary N) is 1. The Hall–Kier alpha value is -1.86. The number of nitrogens with zero attached hydrogens (tertiary/aromatic N) is 1. The predicted molar refractivity (Wildman–Crippen MR) is 109 cm³/mol. The maximum Gasteiger partial charge on any atom is 0.287 e. The van der Waals surface area contributed by atoms with E-state index in [0.717, 1.165) is 30.7 Å². The second-order valence-electron chi connectivity index (χ2n) is 7.97. The molecule has 1 atom stereocenters. The van der Waals surface area contributed by atoms with E-state index in [-0.39, 0.29) is 18.1 Å². The molecule has 28 heavy (non-hydrogen) atoms. The van der Waals surface area contributed by atoms with Crippen molar-refractivity contribution in [3.8, 4) is 5.75 Å². The lowest BCUT2D eigenvalue weighted by atomic mass is 9.86. The highest BCUT2D eigenvalue weighted by Crippen LogP contribution is 2.32. The maximum absolute atomic E-state index is 12.1. The third-order valence-corrected chi connectivity index (χ3v) is 5.38. The van der Waals surface area contributed by atoms with Crippen molar-refractivity contribution in [3.05, 3.63) is 34.4 Å². The van der Waals surface area contributed by atoms with E-state index in [0.29, 0.717) is 6.42 Å². The SMILES string of the molecule is CCCCCCCC(Nc1ccc(OC)cc1)C1([N+](=O)[O-])COC(C)(C)OC1. The Morgan fingerprint density at radius 3 is 2.29 bits per heavy atom. The van der Waals surface area contributed by atoms with Gasteiger partial charge in [-0.3, -0.25) is 10.1 Å². The molecule has 1 N–H and O–H groups in total. The van der Waals surface area contributed by atoms with Gasteiger partial charge < -0.3 is 19.5 Å². The average Bonchev–Trinajstić information content (AvgIpc) is 2.67. The molecule has 7 nitrogen and oxygen atoms in total. The molecule has 158 valence electrons. The summed E-state index contributed by atoms with van der Waals surface area (Å²) in [5.74, 6) is -0.0533. The molecule has 1 saturated heterocycles. The van der Waals surface area contributed by atoms with Crippen LogP contribution < -0.4 is 10.1 Å². The number of benzene rings is 1. The highest BCUT2D eigenvalue weighted by molar-refractivity contribution is 5.47. The molecule has 1 unspecified atom stereocenters. The topological polar surface area (TPSA) is 82.9 Å². The number of unbranched alkanes of at least 4 members (excludes halogenated alkanes) is 4. The molecule has 0 radical (unpaired) electrons. The van der Waals surface area contributed by atoms with E-state index in [1.807, 2.05) is 24.3 Å². The van der Waals surface area contributed by atoms with Crippen molar-refractivity contribution >= 4 is 5.69 Å². The number of ether oxygens (including phenoxy) is 3. The summed E-state index contributed by atoms with van der Waals surface area (Å²) in [7, 11) is 1.61. The summed E-state index contributed by atoms with van der Waals surface area (Å²) in [5.41, 5.74) is -0.495. The van der Waals surface area contributed by atoms with Crippen LogP contribution in [0.3, 0.4) is 0 Å². The van der Waals surface area contributed by atoms with Gasteiger partial charge in [-0.2, -0.15) is 0 Å². The predicted octanol–water partition coefficient (Wildman–Crippen LogP) is 4.63. The molecular formula is C21H34N2O5. The van der Waals surface area contributed by atoms with E-state index in [2.05, 4.69) is 12.2 Å². The summed E-state index contributed by atoms with van der Waals surface area (Å²) in [6.07, 6.45) is 6.18. The van der Waals surface area contributed by atoms with Crippen LogP contribution >= 0.6 is 0 Å². The lowest BCUT2D eigenvalue weighted by molar-refractivity contribution is -0.598. The summed E-state index contributed by atoms with van der Waals surface area (Å²) in [6.45, 7) is 5.79. The van der Waals surface area contributed by atoms with Crippen molar-refractivity contribution in [2.45, 2.75) is 76.7 Å². The molecule has 1 aromatic rings. The van der Waals surface area contributed by atoms with E-state index in [4.69, 9.17) is 14.2 Å². The number of rotatable bonds is 11. The fourth-order valence-corrected chi connectivity index (χ4v) is 3.43. The minimum Gasteiger partial charge on any atom is -0.497 e. The van der Waals surface area contributed by atoms with Gasteiger partial charge in [0.25, 0.3) is 5.54 Å². The highest BCUT2D eigenvalue weighted by Gasteiger charge is 2.55. The van der Waals surface area contributed by atoms with Crippen LogP contribution in [0, 0.1) is 10.1 Å². The summed E-state index contributed by atoms with van der Waals surface area (Å²) in [5, 5.41) is 15.5. The lowest BCUT2D eigenvalue weighted by Crippen LogP contribution is -2.64. The first-order valence-corrected chi connectivity index (χ1v) is 10.2. The van der Waals surface area contributed by atoms with Crippen molar-refractivity contribution < 1.29 is 19.1 Å². The summed E-state index contributed by atoms with van der Waals surface area (Å²) in [4.78, 5) is 11.9. The summed E-state index contributed by atoms with van der Waals surface area (Å²) < 4.78 is 16.6. The highest BCUT2D eigenvalue weighted by atomic mass is 16.7. The molecular weight excluding hydrogens is 360 g/mol. The third-order valence-electron chi connectivity index (χ3n) is 5.38. The lowest BCUT2D eigenvalue weighted by Gasteiger charge is -2.42. The maximum atomic E-state index is 12.1. The zero-order valence-electron chi connectivity index (χ0n) is 17.5. The number of hydrogen-bond acceptors (Lipinski definition) is 6. The average molecular weight is 395 g/mol. The molecule has 0 bridgehead atoms. The van der Waals surface area contributed by atoms with Gasteiger partial charge in [0.15, 0.2) is 5.79 Å². The number of anilines is 1. The van der Waals surface area contributed by atoms with E-state index in [1.54, 1.807) is 21.0 Å². The van der Waals surface area contributed by atoms with Crippen LogP contribution in [0.15, 0.2) is 24.3 Å². The van der Waals surface area contributed by atoms with Crippen LogP contribution in [0.2, 0.25) is 0 Å². The Morgan fingerprint density at radius 2 is 1.75 bits per heavy atom. The molecule has 0 aromatic heterocycles. The Bertz CT molecular complexity index is 608. The van der Waals surface area contributed by atoms with E-state index >= 15 is 0 Å². The molecule has 2 rings (SSSR count). The second kappa shape index (κ2) is 10.1. The molecule has 0 aliphatic carbocycles. The molecule has 7 heteroatoms. The van der Waals surface area contributed by atoms with E-state index in [1.165, 1.54) is 12.8 Å². The van der Waals surface area contributed by atoms with E-state index < -0.39 is 17.4 Å². The first-order chi connectivity index (χ1) is 13.3. The molecule has 0 spiro atoms. The van der Waals surface area contributed by atoms with Crippen molar-refractivity contribution in [1.29, 1.82) is 0 Å². The fraction of sp³-hybridized carbons (Fsp3) is 0.714. The third kappa shape index (κ3) is 5.82. The van der Waals surface area contributed by atoms with Crippen LogP contribution in [0.4, 0.5) is 5.69 Å². The molecule has 0 amide bonds. The minimum absolute atomic E-state index is 0.0236. The Labute approximate surface area is 167 Å². The Morgan fingerprint density at radius 1 is 1.14 bits per heavy atom. The Balaban J connectivity index is 2.17. The first-order valence-electron chi connectivity index (χ1n) is 10.2. The normalized spacial score (nSPS) is 19.0. The zero-order valence-corrected chi connectivity index (χ0v) is 17.5. The van der Waals surface area contributed by atoms with E-state index in [9.17, 15) is 10.1 Å². The van der Waals surface area contributed by atoms with Crippen LogP contribution in [-0.2, 0) is 9.47 Å². The van der Waals surface area contributed by atoms with Gasteiger partial charge in [0.1, 0.15) is 25.0 Å². The molecule has 1 aliphatic rings. The van der Waals surface area contributed by atoms with Crippen LogP contribution in [-0.4, -0.2) is 42.6 Å². The van der Waals surface area contributed by atoms with Crippen LogP contribution in [0.25, 0.3) is 0 Å². The monoisotopic (exact) mass is 394 g/mol. The van der Waals surface area contributed by atoms with Crippen molar-refractivity contribution in [3.63, 3.8) is 0 Å². The number of nitro groups is 1. The smallest absolute Gasteiger partial charge is 0.287 e. The summed E-state index contributed by atoms with van der Waals surface area (Å²) >= 11 is 0. The minimum atomic E-state index is -1.32. The van der Waals surface area contributed by atoms with Gasteiger partial charge in [-0.05, 0) is 44.5 Å². The standard InChI is InChI=1S/C21H34N2O5/c1-5-6-7-8-9-10-19(22-17-11-13-18(26-4)14-12-17)21(23(24)25)15-27-20(2,3)28-16-21/h11-14,19,22H,5-10,15-16H2,1-4H3. The quantitative estimate of drug-likeness (QED) is 0.335. The number of methoxy groups -OCH3 is 1. The molecule has 1 heterocycles. The van der Waals surface area contributed by atoms with Gasteiger partial charge in [0.2, 0.25) is 0 Å². The van der Waals surface area contributed by atoms with Gasteiger partial charge >= 0.3 is 0 Å². The first kappa shape index (κ1) is 22.4. The largest absolute Gasteiger partial charge is 0.497 e. The summed E-state index contributed by atoms with van der Waals surface area (Å²) in [6, 6.07) is 7.05. The van der Waals surface area contributed by atoms with Gasteiger partial charge in [-0.25, -0.2) is 0 Å². The van der Waals surface area contributed by atoms with Gasteiger partial charge in [0.05, 0.1) is 7.11 Å². The second-order valence-corrected chi connectivity index (χ2v) is 7.97. The molecule has 1 aromatic carbocycles. The molecule has 1 aliphatic heterocycles. The fourth-order valence-electron chi connectivity index (χ4n) is 3.43. The van der Waals surface area contributed by atoms with Gasteiger partial charge in [-0.15, -0.1) is 0 Å². The number of hydrogen-bond donors (Lipinski definition) is 1. The van der Waals surface area contributed by atoms with Gasteiger partial charge in [0, 0.05) is 10.6 Å². The van der Waals surface area contributed by atoms with Gasteiger partial charge in [-0.1, -0.05) is 39.0 Å². The molecule has 0 saturated carbocycles.